The van der Waals surface area contributed by atoms with Crippen molar-refractivity contribution in [1.29, 1.82) is 0 Å². The maximum Gasteiger partial charge on any atom is 0.123 e. The van der Waals surface area contributed by atoms with Crippen LogP contribution in [0.2, 0.25) is 0 Å². The molecule has 0 unspecified atom stereocenters. The minimum Gasteiger partial charge on any atom is -0.416 e. The Balaban J connectivity index is 2.07. The third-order valence-electron chi connectivity index (χ3n) is 3.42. The zero-order valence-corrected chi connectivity index (χ0v) is 10.9. The van der Waals surface area contributed by atoms with Crippen molar-refractivity contribution in [1.82, 2.24) is 0 Å². The second-order valence-corrected chi connectivity index (χ2v) is 4.82. The van der Waals surface area contributed by atoms with Crippen LogP contribution in [-0.2, 0) is 9.68 Å². The normalized spacial score (nSPS) is 23.9. The van der Waals surface area contributed by atoms with Gasteiger partial charge in [-0.25, -0.2) is 0 Å². The second kappa shape index (κ2) is 7.21. The molecule has 100 valence electrons. The highest BCUT2D eigenvalue weighted by atomic mass is 16.6. The molecule has 0 spiro atoms. The Kier molecular flexibility index (Phi) is 5.27. The summed E-state index contributed by atoms with van der Waals surface area (Å²) in [6.45, 7) is 0.719. The average Bonchev–Trinajstić information content (AvgIpc) is 2.42. The lowest BCUT2D eigenvalue weighted by Crippen LogP contribution is -2.14. The summed E-state index contributed by atoms with van der Waals surface area (Å²) < 4.78 is 0. The highest BCUT2D eigenvalue weighted by Gasteiger charge is 2.18. The molecular formula is C14H22N2O2. The minimum atomic E-state index is 0.719. The van der Waals surface area contributed by atoms with Crippen molar-refractivity contribution in [2.45, 2.75) is 51.4 Å². The van der Waals surface area contributed by atoms with Crippen LogP contribution in [0.5, 0.6) is 0 Å². The quantitative estimate of drug-likeness (QED) is 0.574. The fraction of sp³-hybridized carbons (Fsp3) is 0.643. The Hall–Kier alpha value is -1.29. The summed E-state index contributed by atoms with van der Waals surface area (Å²) >= 11 is 0. The van der Waals surface area contributed by atoms with Gasteiger partial charge < -0.3 is 9.68 Å². The van der Waals surface area contributed by atoms with Gasteiger partial charge in [-0.15, -0.1) is 0 Å². The van der Waals surface area contributed by atoms with Crippen LogP contribution in [0.1, 0.15) is 51.4 Å². The summed E-state index contributed by atoms with van der Waals surface area (Å²) in [5.74, 6) is 6.27. The molecule has 0 fully saturated rings. The van der Waals surface area contributed by atoms with Crippen molar-refractivity contribution >= 4 is 5.71 Å². The molecule has 0 saturated carbocycles. The van der Waals surface area contributed by atoms with Crippen LogP contribution in [0.4, 0.5) is 0 Å². The van der Waals surface area contributed by atoms with Crippen molar-refractivity contribution in [3.63, 3.8) is 0 Å². The molecule has 0 aromatic carbocycles. The molecule has 0 saturated heterocycles. The molecule has 0 atom stereocenters. The summed E-state index contributed by atoms with van der Waals surface area (Å²) in [6.07, 6.45) is 12.5. The van der Waals surface area contributed by atoms with Crippen molar-refractivity contribution in [2.75, 3.05) is 6.61 Å². The molecule has 1 heterocycles. The lowest BCUT2D eigenvalue weighted by Gasteiger charge is -2.19. The van der Waals surface area contributed by atoms with Gasteiger partial charge in [0.2, 0.25) is 0 Å². The topological polar surface area (TPSA) is 56.8 Å². The Labute approximate surface area is 108 Å². The summed E-state index contributed by atoms with van der Waals surface area (Å²) in [5, 5.41) is 4.24. The number of fused-ring (bicyclic) bond motifs is 2. The van der Waals surface area contributed by atoms with Gasteiger partial charge in [0.05, 0.1) is 5.71 Å². The van der Waals surface area contributed by atoms with Gasteiger partial charge in [0.25, 0.3) is 0 Å². The Morgan fingerprint density at radius 1 is 1.11 bits per heavy atom. The Bertz CT molecular complexity index is 359. The van der Waals surface area contributed by atoms with Gasteiger partial charge in [0.15, 0.2) is 0 Å². The van der Waals surface area contributed by atoms with Crippen LogP contribution in [0.25, 0.3) is 0 Å². The molecule has 4 nitrogen and oxygen atoms in total. The zero-order valence-electron chi connectivity index (χ0n) is 10.9. The third-order valence-corrected chi connectivity index (χ3v) is 3.42. The fourth-order valence-corrected chi connectivity index (χ4v) is 2.37. The smallest absolute Gasteiger partial charge is 0.123 e. The van der Waals surface area contributed by atoms with Gasteiger partial charge in [0.1, 0.15) is 12.4 Å². The van der Waals surface area contributed by atoms with Crippen molar-refractivity contribution in [3.8, 4) is 0 Å². The molecule has 0 amide bonds. The molecule has 18 heavy (non-hydrogen) atoms. The van der Waals surface area contributed by atoms with Gasteiger partial charge in [-0.1, -0.05) is 17.3 Å². The predicted octanol–water partition coefficient (Wildman–Crippen LogP) is 3.21. The first-order chi connectivity index (χ1) is 8.90. The van der Waals surface area contributed by atoms with Gasteiger partial charge in [0, 0.05) is 12.8 Å². The van der Waals surface area contributed by atoms with E-state index >= 15 is 0 Å². The molecule has 2 N–H and O–H groups in total. The molecule has 1 aliphatic heterocycles. The van der Waals surface area contributed by atoms with Gasteiger partial charge >= 0.3 is 0 Å². The summed E-state index contributed by atoms with van der Waals surface area (Å²) in [5.41, 5.74) is 2.39. The summed E-state index contributed by atoms with van der Waals surface area (Å²) in [7, 11) is 0. The second-order valence-electron chi connectivity index (χ2n) is 4.82. The van der Waals surface area contributed by atoms with E-state index in [1.165, 1.54) is 12.0 Å². The van der Waals surface area contributed by atoms with E-state index < -0.39 is 0 Å². The number of hydrogen-bond acceptors (Lipinski definition) is 4. The van der Waals surface area contributed by atoms with E-state index in [4.69, 9.17) is 15.6 Å². The first kappa shape index (κ1) is 13.1. The van der Waals surface area contributed by atoms with Gasteiger partial charge in [-0.3, -0.25) is 0 Å². The number of oxime groups is 1. The molecule has 2 bridgehead atoms. The summed E-state index contributed by atoms with van der Waals surface area (Å²) in [6, 6.07) is 0. The SMILES string of the molecule is NOC1=C2CC/C=C\CCCCON=C(CC1)C2. The summed E-state index contributed by atoms with van der Waals surface area (Å²) in [4.78, 5) is 10.4. The highest BCUT2D eigenvalue weighted by molar-refractivity contribution is 5.87. The van der Waals surface area contributed by atoms with Crippen LogP contribution < -0.4 is 5.90 Å². The number of nitrogens with zero attached hydrogens (tertiary/aromatic N) is 1. The maximum absolute atomic E-state index is 5.37. The van der Waals surface area contributed by atoms with E-state index in [1.54, 1.807) is 0 Å². The van der Waals surface area contributed by atoms with Crippen LogP contribution in [0.3, 0.4) is 0 Å². The fourth-order valence-electron chi connectivity index (χ4n) is 2.37. The first-order valence-corrected chi connectivity index (χ1v) is 6.80. The number of hydrogen-bond donors (Lipinski definition) is 1. The molecule has 4 heteroatoms. The van der Waals surface area contributed by atoms with Crippen LogP contribution in [-0.4, -0.2) is 12.3 Å². The van der Waals surface area contributed by atoms with E-state index in [2.05, 4.69) is 17.3 Å². The highest BCUT2D eigenvalue weighted by Crippen LogP contribution is 2.27. The van der Waals surface area contributed by atoms with Crippen molar-refractivity contribution in [2.24, 2.45) is 11.1 Å². The van der Waals surface area contributed by atoms with E-state index in [9.17, 15) is 0 Å². The Morgan fingerprint density at radius 3 is 2.89 bits per heavy atom. The van der Waals surface area contributed by atoms with E-state index in [-0.39, 0.29) is 0 Å². The van der Waals surface area contributed by atoms with E-state index in [0.717, 1.165) is 63.0 Å². The standard InChI is InChI=1S/C14H22N2O2/c15-18-14-9-8-13-11-12(14)7-5-3-1-2-4-6-10-17-16-13/h1,3H,2,4-11,15H2/b3-1-,16-13?. The van der Waals surface area contributed by atoms with Crippen LogP contribution in [0.15, 0.2) is 28.6 Å². The third kappa shape index (κ3) is 3.88. The van der Waals surface area contributed by atoms with Crippen molar-refractivity contribution < 1.29 is 9.68 Å². The van der Waals surface area contributed by atoms with Gasteiger partial charge in [-0.2, -0.15) is 5.90 Å². The monoisotopic (exact) mass is 250 g/mol. The molecule has 2 rings (SSSR count). The minimum absolute atomic E-state index is 0.719. The van der Waals surface area contributed by atoms with E-state index in [0.29, 0.717) is 0 Å². The van der Waals surface area contributed by atoms with Crippen molar-refractivity contribution in [3.05, 3.63) is 23.5 Å². The van der Waals surface area contributed by atoms with Gasteiger partial charge in [-0.05, 0) is 44.1 Å². The molecule has 0 radical (unpaired) electrons. The molecule has 1 aliphatic carbocycles. The first-order valence-electron chi connectivity index (χ1n) is 6.80. The predicted molar refractivity (Wildman–Crippen MR) is 71.8 cm³/mol. The number of rotatable bonds is 1. The Morgan fingerprint density at radius 2 is 2.00 bits per heavy atom. The molecule has 0 aromatic rings. The number of nitrogens with two attached hydrogens (primary N) is 1. The molecule has 0 aromatic heterocycles. The lowest BCUT2D eigenvalue weighted by atomic mass is 9.92. The molecule has 2 aliphatic rings. The van der Waals surface area contributed by atoms with Crippen LogP contribution in [0, 0.1) is 0 Å². The molecular weight excluding hydrogens is 228 g/mol. The lowest BCUT2D eigenvalue weighted by molar-refractivity contribution is 0.138. The van der Waals surface area contributed by atoms with E-state index in [1.807, 2.05) is 0 Å². The average molecular weight is 250 g/mol. The maximum atomic E-state index is 5.37. The zero-order chi connectivity index (χ0) is 12.6. The number of allylic oxidation sites excluding steroid dienone is 4. The van der Waals surface area contributed by atoms with Crippen LogP contribution >= 0.6 is 0 Å². The largest absolute Gasteiger partial charge is 0.416 e.